The molecule has 0 saturated carbocycles. The first-order valence-corrected chi connectivity index (χ1v) is 3.31. The number of anilines is 1. The van der Waals surface area contributed by atoms with Crippen molar-refractivity contribution in [1.82, 2.24) is 4.98 Å². The van der Waals surface area contributed by atoms with Crippen LogP contribution in [0.2, 0.25) is 4.34 Å². The predicted octanol–water partition coefficient (Wildman–Crippen LogP) is 1.84. The standard InChI is InChI=1S/C4H5ClN2S/c1-6-4-7-2-3(5)8-4/h2H,1H3,(H,6,7). The molecule has 8 heavy (non-hydrogen) atoms. The second-order valence-corrected chi connectivity index (χ2v) is 2.88. The second kappa shape index (κ2) is 2.33. The molecule has 0 saturated heterocycles. The predicted molar refractivity (Wildman–Crippen MR) is 36.7 cm³/mol. The van der Waals surface area contributed by atoms with Gasteiger partial charge in [-0.3, -0.25) is 0 Å². The van der Waals surface area contributed by atoms with Gasteiger partial charge in [-0.05, 0) is 0 Å². The van der Waals surface area contributed by atoms with Gasteiger partial charge in [0.2, 0.25) is 0 Å². The van der Waals surface area contributed by atoms with Crippen LogP contribution in [0.15, 0.2) is 6.20 Å². The van der Waals surface area contributed by atoms with Gasteiger partial charge in [-0.15, -0.1) is 0 Å². The van der Waals surface area contributed by atoms with Crippen molar-refractivity contribution in [3.63, 3.8) is 0 Å². The summed E-state index contributed by atoms with van der Waals surface area (Å²) in [7, 11) is 1.81. The molecule has 1 aromatic rings. The number of nitrogens with zero attached hydrogens (tertiary/aromatic N) is 1. The molecule has 0 aliphatic carbocycles. The van der Waals surface area contributed by atoms with Crippen LogP contribution in [0.4, 0.5) is 5.13 Å². The van der Waals surface area contributed by atoms with Crippen molar-refractivity contribution < 1.29 is 0 Å². The maximum Gasteiger partial charge on any atom is 0.183 e. The van der Waals surface area contributed by atoms with Gasteiger partial charge in [0, 0.05) is 7.05 Å². The Morgan fingerprint density at radius 2 is 2.62 bits per heavy atom. The summed E-state index contributed by atoms with van der Waals surface area (Å²) in [6, 6.07) is 0. The maximum absolute atomic E-state index is 5.56. The van der Waals surface area contributed by atoms with Gasteiger partial charge in [-0.25, -0.2) is 4.98 Å². The smallest absolute Gasteiger partial charge is 0.183 e. The SMILES string of the molecule is CNc1ncc(Cl)s1. The summed E-state index contributed by atoms with van der Waals surface area (Å²) >= 11 is 6.99. The van der Waals surface area contributed by atoms with Crippen molar-refractivity contribution in [2.24, 2.45) is 0 Å². The van der Waals surface area contributed by atoms with E-state index >= 15 is 0 Å². The number of aromatic nitrogens is 1. The van der Waals surface area contributed by atoms with Gasteiger partial charge >= 0.3 is 0 Å². The van der Waals surface area contributed by atoms with Crippen LogP contribution in [0.5, 0.6) is 0 Å². The third kappa shape index (κ3) is 1.11. The average Bonchev–Trinajstić information content (AvgIpc) is 2.14. The molecule has 0 aliphatic rings. The van der Waals surface area contributed by atoms with Gasteiger partial charge in [-0.1, -0.05) is 22.9 Å². The summed E-state index contributed by atoms with van der Waals surface area (Å²) in [6.45, 7) is 0. The average molecular weight is 149 g/mol. The first kappa shape index (κ1) is 5.85. The lowest BCUT2D eigenvalue weighted by molar-refractivity contribution is 1.37. The van der Waals surface area contributed by atoms with Crippen LogP contribution in [0, 0.1) is 0 Å². The van der Waals surface area contributed by atoms with Crippen molar-refractivity contribution >= 4 is 28.1 Å². The van der Waals surface area contributed by atoms with Crippen LogP contribution in [-0.2, 0) is 0 Å². The molecule has 1 heterocycles. The minimum absolute atomic E-state index is 0.717. The summed E-state index contributed by atoms with van der Waals surface area (Å²) < 4.78 is 0.717. The maximum atomic E-state index is 5.56. The summed E-state index contributed by atoms with van der Waals surface area (Å²) in [6.07, 6.45) is 1.62. The first-order valence-electron chi connectivity index (χ1n) is 2.12. The first-order chi connectivity index (χ1) is 3.83. The molecule has 4 heteroatoms. The van der Waals surface area contributed by atoms with E-state index in [-0.39, 0.29) is 0 Å². The molecule has 44 valence electrons. The number of hydrogen-bond donors (Lipinski definition) is 1. The quantitative estimate of drug-likeness (QED) is 0.658. The van der Waals surface area contributed by atoms with Crippen LogP contribution in [0.3, 0.4) is 0 Å². The Hall–Kier alpha value is -0.280. The zero-order chi connectivity index (χ0) is 5.98. The fourth-order valence-corrected chi connectivity index (χ4v) is 1.14. The zero-order valence-electron chi connectivity index (χ0n) is 4.31. The van der Waals surface area contributed by atoms with E-state index < -0.39 is 0 Å². The summed E-state index contributed by atoms with van der Waals surface area (Å²) in [5.74, 6) is 0. The molecule has 0 fully saturated rings. The molecule has 0 radical (unpaired) electrons. The van der Waals surface area contributed by atoms with Crippen molar-refractivity contribution in [3.05, 3.63) is 10.5 Å². The monoisotopic (exact) mass is 148 g/mol. The van der Waals surface area contributed by atoms with Crippen molar-refractivity contribution in [1.29, 1.82) is 0 Å². The molecule has 0 aromatic carbocycles. The fourth-order valence-electron chi connectivity index (χ4n) is 0.370. The normalized spacial score (nSPS) is 9.25. The Kier molecular flexibility index (Phi) is 1.70. The van der Waals surface area contributed by atoms with Crippen LogP contribution in [0.25, 0.3) is 0 Å². The van der Waals surface area contributed by atoms with E-state index in [1.165, 1.54) is 11.3 Å². The van der Waals surface area contributed by atoms with Crippen LogP contribution >= 0.6 is 22.9 Å². The van der Waals surface area contributed by atoms with Crippen LogP contribution < -0.4 is 5.32 Å². The summed E-state index contributed by atoms with van der Waals surface area (Å²) in [4.78, 5) is 3.91. The van der Waals surface area contributed by atoms with Gasteiger partial charge in [0.05, 0.1) is 6.20 Å². The number of hydrogen-bond acceptors (Lipinski definition) is 3. The van der Waals surface area contributed by atoms with Gasteiger partial charge < -0.3 is 5.32 Å². The molecule has 1 N–H and O–H groups in total. The van der Waals surface area contributed by atoms with E-state index in [0.29, 0.717) is 4.34 Å². The molecule has 0 unspecified atom stereocenters. The Labute approximate surface area is 56.5 Å². The Morgan fingerprint density at radius 1 is 1.88 bits per heavy atom. The van der Waals surface area contributed by atoms with E-state index in [4.69, 9.17) is 11.6 Å². The highest BCUT2D eigenvalue weighted by molar-refractivity contribution is 7.19. The molecule has 0 spiro atoms. The number of thiazole rings is 1. The second-order valence-electron chi connectivity index (χ2n) is 1.22. The Morgan fingerprint density at radius 3 is 2.88 bits per heavy atom. The summed E-state index contributed by atoms with van der Waals surface area (Å²) in [5.41, 5.74) is 0. The lowest BCUT2D eigenvalue weighted by atomic mass is 11.0. The highest BCUT2D eigenvalue weighted by Crippen LogP contribution is 2.21. The zero-order valence-corrected chi connectivity index (χ0v) is 5.88. The fraction of sp³-hybridized carbons (Fsp3) is 0.250. The molecule has 0 aliphatic heterocycles. The number of nitrogens with one attached hydrogen (secondary N) is 1. The van der Waals surface area contributed by atoms with Gasteiger partial charge in [-0.2, -0.15) is 0 Å². The number of rotatable bonds is 1. The van der Waals surface area contributed by atoms with Crippen molar-refractivity contribution in [2.45, 2.75) is 0 Å². The largest absolute Gasteiger partial charge is 0.365 e. The lowest BCUT2D eigenvalue weighted by Gasteiger charge is -1.84. The third-order valence-electron chi connectivity index (χ3n) is 0.691. The van der Waals surface area contributed by atoms with Crippen molar-refractivity contribution in [2.75, 3.05) is 12.4 Å². The van der Waals surface area contributed by atoms with Crippen molar-refractivity contribution in [3.8, 4) is 0 Å². The Bertz CT molecular complexity index is 174. The summed E-state index contributed by atoms with van der Waals surface area (Å²) in [5, 5.41) is 3.73. The molecule has 2 nitrogen and oxygen atoms in total. The van der Waals surface area contributed by atoms with E-state index in [2.05, 4.69) is 10.3 Å². The molecule has 1 aromatic heterocycles. The van der Waals surface area contributed by atoms with Gasteiger partial charge in [0.15, 0.2) is 5.13 Å². The van der Waals surface area contributed by atoms with E-state index in [1.54, 1.807) is 6.20 Å². The molecule has 0 bridgehead atoms. The van der Waals surface area contributed by atoms with E-state index in [9.17, 15) is 0 Å². The highest BCUT2D eigenvalue weighted by Gasteiger charge is 1.92. The number of halogens is 1. The molecule has 1 rings (SSSR count). The van der Waals surface area contributed by atoms with Crippen LogP contribution in [-0.4, -0.2) is 12.0 Å². The third-order valence-corrected chi connectivity index (χ3v) is 1.82. The molecular weight excluding hydrogens is 144 g/mol. The minimum atomic E-state index is 0.717. The topological polar surface area (TPSA) is 24.9 Å². The van der Waals surface area contributed by atoms with Gasteiger partial charge in [0.25, 0.3) is 0 Å². The van der Waals surface area contributed by atoms with E-state index in [0.717, 1.165) is 5.13 Å². The molecule has 0 amide bonds. The minimum Gasteiger partial charge on any atom is -0.365 e. The van der Waals surface area contributed by atoms with Crippen LogP contribution in [0.1, 0.15) is 0 Å². The highest BCUT2D eigenvalue weighted by atomic mass is 35.5. The van der Waals surface area contributed by atoms with Gasteiger partial charge in [0.1, 0.15) is 4.34 Å². The lowest BCUT2D eigenvalue weighted by Crippen LogP contribution is -1.83. The van der Waals surface area contributed by atoms with E-state index in [1.807, 2.05) is 7.05 Å². The Balaban J connectivity index is 2.84. The molecule has 0 atom stereocenters. The molecular formula is C4H5ClN2S.